The summed E-state index contributed by atoms with van der Waals surface area (Å²) in [6.07, 6.45) is 1.24. The Hall–Kier alpha value is -2.60. The van der Waals surface area contributed by atoms with Crippen LogP contribution in [0.3, 0.4) is 0 Å². The molecule has 1 amide bonds. The summed E-state index contributed by atoms with van der Waals surface area (Å²) < 4.78 is 12.3. The van der Waals surface area contributed by atoms with E-state index in [1.807, 2.05) is 24.3 Å². The van der Waals surface area contributed by atoms with Crippen LogP contribution in [0.2, 0.25) is 0 Å². The van der Waals surface area contributed by atoms with Crippen molar-refractivity contribution in [3.8, 4) is 17.6 Å². The van der Waals surface area contributed by atoms with Gasteiger partial charge in [0.15, 0.2) is 11.5 Å². The third kappa shape index (κ3) is 6.08. The fourth-order valence-corrected chi connectivity index (χ4v) is 2.28. The molecule has 2 rings (SSSR count). The molecule has 0 aromatic heterocycles. The number of ether oxygens (including phenoxy) is 2. The van der Waals surface area contributed by atoms with Gasteiger partial charge in [0.05, 0.1) is 19.4 Å². The van der Waals surface area contributed by atoms with Gasteiger partial charge in [0.2, 0.25) is 0 Å². The first kappa shape index (κ1) is 18.7. The lowest BCUT2D eigenvalue weighted by Crippen LogP contribution is -2.16. The topological polar surface area (TPSA) is 83.7 Å². The molecule has 0 aliphatic carbocycles. The Morgan fingerprint density at radius 2 is 2.04 bits per heavy atom. The maximum atomic E-state index is 11.2. The lowest BCUT2D eigenvalue weighted by Gasteiger charge is -2.11. The molecular formula is C18H16IN3O3. The highest BCUT2D eigenvalue weighted by Crippen LogP contribution is 2.28. The third-order valence-electron chi connectivity index (χ3n) is 3.14. The Bertz CT molecular complexity index is 798. The van der Waals surface area contributed by atoms with Crippen molar-refractivity contribution < 1.29 is 14.3 Å². The first-order chi connectivity index (χ1) is 12.1. The SMILES string of the molecule is COc1cc(/C=N\NC(=O)CC#N)ccc1OCc1ccc(I)cc1. The van der Waals surface area contributed by atoms with Crippen molar-refractivity contribution in [1.29, 1.82) is 5.26 Å². The molecule has 0 aliphatic heterocycles. The van der Waals surface area contributed by atoms with Gasteiger partial charge in [-0.2, -0.15) is 10.4 Å². The minimum absolute atomic E-state index is 0.230. The lowest BCUT2D eigenvalue weighted by atomic mass is 10.2. The quantitative estimate of drug-likeness (QED) is 0.400. The van der Waals surface area contributed by atoms with E-state index in [4.69, 9.17) is 14.7 Å². The molecule has 0 saturated heterocycles. The summed E-state index contributed by atoms with van der Waals surface area (Å²) in [7, 11) is 1.56. The number of amides is 1. The first-order valence-electron chi connectivity index (χ1n) is 7.36. The van der Waals surface area contributed by atoms with Crippen LogP contribution < -0.4 is 14.9 Å². The monoisotopic (exact) mass is 449 g/mol. The van der Waals surface area contributed by atoms with Gasteiger partial charge >= 0.3 is 0 Å². The summed E-state index contributed by atoms with van der Waals surface area (Å²) in [5, 5.41) is 12.2. The van der Waals surface area contributed by atoms with Crippen LogP contribution in [-0.2, 0) is 11.4 Å². The fourth-order valence-electron chi connectivity index (χ4n) is 1.92. The van der Waals surface area contributed by atoms with E-state index >= 15 is 0 Å². The molecule has 128 valence electrons. The van der Waals surface area contributed by atoms with Crippen molar-refractivity contribution in [2.24, 2.45) is 5.10 Å². The zero-order valence-electron chi connectivity index (χ0n) is 13.5. The number of nitrogens with one attached hydrogen (secondary N) is 1. The Morgan fingerprint density at radius 3 is 2.72 bits per heavy atom. The number of methoxy groups -OCH3 is 1. The smallest absolute Gasteiger partial charge is 0.254 e. The van der Waals surface area contributed by atoms with Crippen LogP contribution in [0.15, 0.2) is 47.6 Å². The molecule has 0 heterocycles. The van der Waals surface area contributed by atoms with Gasteiger partial charge in [0.25, 0.3) is 5.91 Å². The van der Waals surface area contributed by atoms with E-state index in [1.165, 1.54) is 9.78 Å². The van der Waals surface area contributed by atoms with Crippen LogP contribution in [-0.4, -0.2) is 19.2 Å². The molecule has 0 radical (unpaired) electrons. The van der Waals surface area contributed by atoms with Crippen LogP contribution in [0.25, 0.3) is 0 Å². The molecule has 0 bridgehead atoms. The van der Waals surface area contributed by atoms with Crippen LogP contribution in [0.1, 0.15) is 17.5 Å². The van der Waals surface area contributed by atoms with Gasteiger partial charge in [-0.15, -0.1) is 0 Å². The van der Waals surface area contributed by atoms with Gasteiger partial charge in [0.1, 0.15) is 13.0 Å². The molecule has 2 aromatic carbocycles. The number of carbonyl (C=O) groups excluding carboxylic acids is 1. The van der Waals surface area contributed by atoms with E-state index in [9.17, 15) is 4.79 Å². The van der Waals surface area contributed by atoms with Crippen molar-refractivity contribution in [2.45, 2.75) is 13.0 Å². The average Bonchev–Trinajstić information content (AvgIpc) is 2.62. The Kier molecular flexibility index (Phi) is 7.22. The molecule has 0 unspecified atom stereocenters. The molecule has 2 aromatic rings. The van der Waals surface area contributed by atoms with Gasteiger partial charge in [0, 0.05) is 3.57 Å². The number of hydrogen-bond donors (Lipinski definition) is 1. The zero-order chi connectivity index (χ0) is 18.1. The standard InChI is InChI=1S/C18H16IN3O3/c1-24-17-10-14(11-21-22-18(23)8-9-20)4-7-16(17)25-12-13-2-5-15(19)6-3-13/h2-7,10-11H,8,12H2,1H3,(H,22,23)/b21-11-. The fraction of sp³-hybridized carbons (Fsp3) is 0.167. The maximum absolute atomic E-state index is 11.2. The van der Waals surface area contributed by atoms with E-state index in [-0.39, 0.29) is 6.42 Å². The Balaban J connectivity index is 2.01. The summed E-state index contributed by atoms with van der Waals surface area (Å²) in [5.41, 5.74) is 4.07. The zero-order valence-corrected chi connectivity index (χ0v) is 15.7. The van der Waals surface area contributed by atoms with Gasteiger partial charge in [-0.25, -0.2) is 5.43 Å². The van der Waals surface area contributed by atoms with Crippen molar-refractivity contribution in [2.75, 3.05) is 7.11 Å². The van der Waals surface area contributed by atoms with E-state index in [0.717, 1.165) is 11.1 Å². The predicted octanol–water partition coefficient (Wildman–Crippen LogP) is 3.24. The lowest BCUT2D eigenvalue weighted by molar-refractivity contribution is -0.120. The molecule has 0 spiro atoms. The molecular weight excluding hydrogens is 433 g/mol. The second kappa shape index (κ2) is 9.64. The van der Waals surface area contributed by atoms with E-state index in [2.05, 4.69) is 33.1 Å². The van der Waals surface area contributed by atoms with E-state index in [0.29, 0.717) is 18.1 Å². The van der Waals surface area contributed by atoms with Gasteiger partial charge in [-0.05, 0) is 64.0 Å². The van der Waals surface area contributed by atoms with Crippen molar-refractivity contribution in [3.05, 3.63) is 57.2 Å². The summed E-state index contributed by atoms with van der Waals surface area (Å²) in [6.45, 7) is 0.435. The average molecular weight is 449 g/mol. The highest BCUT2D eigenvalue weighted by molar-refractivity contribution is 14.1. The first-order valence-corrected chi connectivity index (χ1v) is 8.44. The minimum Gasteiger partial charge on any atom is -0.493 e. The predicted molar refractivity (Wildman–Crippen MR) is 102 cm³/mol. The molecule has 1 N–H and O–H groups in total. The van der Waals surface area contributed by atoms with Crippen molar-refractivity contribution >= 4 is 34.7 Å². The highest BCUT2D eigenvalue weighted by Gasteiger charge is 2.06. The highest BCUT2D eigenvalue weighted by atomic mass is 127. The molecule has 25 heavy (non-hydrogen) atoms. The number of carbonyl (C=O) groups is 1. The number of halogens is 1. The minimum atomic E-state index is -0.455. The summed E-state index contributed by atoms with van der Waals surface area (Å²) in [5.74, 6) is 0.729. The summed E-state index contributed by atoms with van der Waals surface area (Å²) in [6, 6.07) is 15.2. The van der Waals surface area contributed by atoms with Crippen LogP contribution in [0.4, 0.5) is 0 Å². The largest absolute Gasteiger partial charge is 0.493 e. The number of hydrogen-bond acceptors (Lipinski definition) is 5. The van der Waals surface area contributed by atoms with Crippen molar-refractivity contribution in [1.82, 2.24) is 5.43 Å². The van der Waals surface area contributed by atoms with Gasteiger partial charge in [-0.3, -0.25) is 4.79 Å². The van der Waals surface area contributed by atoms with Crippen molar-refractivity contribution in [3.63, 3.8) is 0 Å². The molecule has 6 nitrogen and oxygen atoms in total. The normalized spacial score (nSPS) is 10.3. The Morgan fingerprint density at radius 1 is 1.28 bits per heavy atom. The van der Waals surface area contributed by atoms with E-state index in [1.54, 1.807) is 31.4 Å². The third-order valence-corrected chi connectivity index (χ3v) is 3.86. The summed E-state index contributed by atoms with van der Waals surface area (Å²) in [4.78, 5) is 11.2. The molecule has 0 fully saturated rings. The maximum Gasteiger partial charge on any atom is 0.254 e. The van der Waals surface area contributed by atoms with Crippen LogP contribution in [0, 0.1) is 14.9 Å². The van der Waals surface area contributed by atoms with Crippen LogP contribution in [0.5, 0.6) is 11.5 Å². The number of hydrazone groups is 1. The number of nitrogens with zero attached hydrogens (tertiary/aromatic N) is 2. The van der Waals surface area contributed by atoms with Gasteiger partial charge < -0.3 is 9.47 Å². The molecule has 0 aliphatic rings. The second-order valence-corrected chi connectivity index (χ2v) is 6.20. The molecule has 0 atom stereocenters. The summed E-state index contributed by atoms with van der Waals surface area (Å²) >= 11 is 2.26. The van der Waals surface area contributed by atoms with E-state index < -0.39 is 5.91 Å². The number of nitriles is 1. The molecule has 7 heteroatoms. The number of rotatable bonds is 7. The van der Waals surface area contributed by atoms with Crippen LogP contribution >= 0.6 is 22.6 Å². The second-order valence-electron chi connectivity index (χ2n) is 4.95. The molecule has 0 saturated carbocycles. The number of benzene rings is 2. The Labute approximate surface area is 159 Å². The van der Waals surface area contributed by atoms with Gasteiger partial charge in [-0.1, -0.05) is 12.1 Å².